The number of nitrogens with one attached hydrogen (secondary N) is 1. The molecule has 0 spiro atoms. The van der Waals surface area contributed by atoms with Crippen molar-refractivity contribution >= 4 is 52.5 Å². The Morgan fingerprint density at radius 3 is 2.45 bits per heavy atom. The SMILES string of the molecule is CCOC(=O)c1ccc(NC(=O)/C(C#N)=C2\S[C@H](Cc3ccc(C)c(Cl)c3)C(=O)N2c2ccccc2)cc1. The molecule has 0 saturated carbocycles. The first kappa shape index (κ1) is 27.0. The third kappa shape index (κ3) is 5.91. The summed E-state index contributed by atoms with van der Waals surface area (Å²) in [6.07, 6.45) is 0.381. The molecule has 1 aliphatic heterocycles. The van der Waals surface area contributed by atoms with Crippen LogP contribution >= 0.6 is 23.4 Å². The summed E-state index contributed by atoms with van der Waals surface area (Å²) in [6.45, 7) is 3.87. The van der Waals surface area contributed by atoms with E-state index in [2.05, 4.69) is 5.32 Å². The highest BCUT2D eigenvalue weighted by Crippen LogP contribution is 2.42. The van der Waals surface area contributed by atoms with Crippen LogP contribution in [0.2, 0.25) is 5.02 Å². The molecule has 0 unspecified atom stereocenters. The molecule has 3 aromatic carbocycles. The molecule has 0 aromatic heterocycles. The molecule has 9 heteroatoms. The molecule has 4 rings (SSSR count). The predicted molar refractivity (Wildman–Crippen MR) is 149 cm³/mol. The second kappa shape index (κ2) is 12.0. The summed E-state index contributed by atoms with van der Waals surface area (Å²) >= 11 is 7.47. The number of nitrogens with zero attached hydrogens (tertiary/aromatic N) is 2. The summed E-state index contributed by atoms with van der Waals surface area (Å²) in [7, 11) is 0. The number of benzene rings is 3. The smallest absolute Gasteiger partial charge is 0.338 e. The maximum absolute atomic E-state index is 13.6. The molecule has 1 aliphatic rings. The highest BCUT2D eigenvalue weighted by molar-refractivity contribution is 8.05. The Morgan fingerprint density at radius 2 is 1.82 bits per heavy atom. The molecule has 2 amide bonds. The molecule has 38 heavy (non-hydrogen) atoms. The van der Waals surface area contributed by atoms with Gasteiger partial charge in [0.2, 0.25) is 5.91 Å². The van der Waals surface area contributed by atoms with Crippen LogP contribution in [0.4, 0.5) is 11.4 Å². The molecule has 7 nitrogen and oxygen atoms in total. The molecular formula is C29H24ClN3O4S. The number of hydrogen-bond acceptors (Lipinski definition) is 6. The number of anilines is 2. The first-order valence-corrected chi connectivity index (χ1v) is 13.1. The lowest BCUT2D eigenvalue weighted by atomic mass is 10.1. The number of ether oxygens (including phenoxy) is 1. The fraction of sp³-hybridized carbons (Fsp3) is 0.172. The van der Waals surface area contributed by atoms with E-state index >= 15 is 0 Å². The standard InChI is InChI=1S/C29H24ClN3O4S/c1-3-37-29(36)20-11-13-21(14-12-20)32-26(34)23(17-31)28-33(22-7-5-4-6-8-22)27(35)25(38-28)16-19-10-9-18(2)24(30)15-19/h4-15,25H,3,16H2,1-2H3,(H,32,34)/b28-23-/t25-/m1/s1. The van der Waals surface area contributed by atoms with Gasteiger partial charge in [0, 0.05) is 16.4 Å². The zero-order chi connectivity index (χ0) is 27.2. The van der Waals surface area contributed by atoms with Crippen molar-refractivity contribution in [2.45, 2.75) is 25.5 Å². The molecule has 1 N–H and O–H groups in total. The number of hydrogen-bond donors (Lipinski definition) is 1. The number of para-hydroxylation sites is 1. The van der Waals surface area contributed by atoms with E-state index in [1.165, 1.54) is 28.8 Å². The Hall–Kier alpha value is -4.06. The molecule has 1 heterocycles. The van der Waals surface area contributed by atoms with Gasteiger partial charge >= 0.3 is 5.97 Å². The Kier molecular flexibility index (Phi) is 8.52. The maximum atomic E-state index is 13.6. The molecule has 1 fully saturated rings. The second-order valence-electron chi connectivity index (χ2n) is 8.45. The van der Waals surface area contributed by atoms with E-state index in [0.29, 0.717) is 28.4 Å². The second-order valence-corrected chi connectivity index (χ2v) is 10.0. The number of esters is 1. The van der Waals surface area contributed by atoms with Gasteiger partial charge in [-0.1, -0.05) is 53.7 Å². The minimum absolute atomic E-state index is 0.189. The zero-order valence-corrected chi connectivity index (χ0v) is 22.3. The van der Waals surface area contributed by atoms with Gasteiger partial charge in [-0.25, -0.2) is 4.79 Å². The maximum Gasteiger partial charge on any atom is 0.338 e. The molecule has 3 aromatic rings. The van der Waals surface area contributed by atoms with E-state index in [1.807, 2.05) is 37.3 Å². The van der Waals surface area contributed by atoms with E-state index < -0.39 is 17.1 Å². The van der Waals surface area contributed by atoms with Gasteiger partial charge in [0.25, 0.3) is 5.91 Å². The molecule has 0 bridgehead atoms. The van der Waals surface area contributed by atoms with Gasteiger partial charge in [-0.05, 0) is 73.9 Å². The van der Waals surface area contributed by atoms with Gasteiger partial charge in [0.15, 0.2) is 0 Å². The van der Waals surface area contributed by atoms with Gasteiger partial charge in [0.05, 0.1) is 17.4 Å². The van der Waals surface area contributed by atoms with Crippen LogP contribution in [0.3, 0.4) is 0 Å². The summed E-state index contributed by atoms with van der Waals surface area (Å²) in [5.74, 6) is -1.36. The number of halogens is 1. The number of amides is 2. The van der Waals surface area contributed by atoms with Crippen LogP contribution in [0, 0.1) is 18.3 Å². The Balaban J connectivity index is 1.64. The topological polar surface area (TPSA) is 99.5 Å². The molecule has 0 radical (unpaired) electrons. The Bertz CT molecular complexity index is 1450. The fourth-order valence-corrected chi connectivity index (χ4v) is 5.39. The summed E-state index contributed by atoms with van der Waals surface area (Å²) in [5.41, 5.74) is 2.92. The Labute approximate surface area is 230 Å². The minimum atomic E-state index is -0.661. The van der Waals surface area contributed by atoms with Gasteiger partial charge < -0.3 is 10.1 Å². The van der Waals surface area contributed by atoms with Crippen LogP contribution in [0.5, 0.6) is 0 Å². The normalized spacial score (nSPS) is 16.1. The summed E-state index contributed by atoms with van der Waals surface area (Å²) < 4.78 is 4.98. The van der Waals surface area contributed by atoms with Gasteiger partial charge in [-0.2, -0.15) is 5.26 Å². The third-order valence-electron chi connectivity index (χ3n) is 5.83. The quantitative estimate of drug-likeness (QED) is 0.226. The number of carbonyl (C=O) groups is 3. The summed E-state index contributed by atoms with van der Waals surface area (Å²) in [4.78, 5) is 40.1. The van der Waals surface area contributed by atoms with E-state index in [1.54, 1.807) is 43.3 Å². The van der Waals surface area contributed by atoms with E-state index in [0.717, 1.165) is 11.1 Å². The largest absolute Gasteiger partial charge is 0.462 e. The minimum Gasteiger partial charge on any atom is -0.462 e. The van der Waals surface area contributed by atoms with Crippen molar-refractivity contribution in [3.63, 3.8) is 0 Å². The number of nitriles is 1. The number of carbonyl (C=O) groups excluding carboxylic acids is 3. The van der Waals surface area contributed by atoms with E-state index in [4.69, 9.17) is 16.3 Å². The zero-order valence-electron chi connectivity index (χ0n) is 20.7. The van der Waals surface area contributed by atoms with Crippen molar-refractivity contribution in [2.75, 3.05) is 16.8 Å². The number of aryl methyl sites for hydroxylation is 1. The first-order valence-electron chi connectivity index (χ1n) is 11.9. The highest BCUT2D eigenvalue weighted by atomic mass is 35.5. The lowest BCUT2D eigenvalue weighted by molar-refractivity contribution is -0.117. The van der Waals surface area contributed by atoms with Crippen LogP contribution in [-0.2, 0) is 20.7 Å². The van der Waals surface area contributed by atoms with Crippen molar-refractivity contribution in [3.05, 3.63) is 105 Å². The van der Waals surface area contributed by atoms with Crippen molar-refractivity contribution in [3.8, 4) is 6.07 Å². The fourth-order valence-electron chi connectivity index (χ4n) is 3.87. The van der Waals surface area contributed by atoms with Gasteiger partial charge in [0.1, 0.15) is 16.7 Å². The van der Waals surface area contributed by atoms with Gasteiger partial charge in [-0.3, -0.25) is 14.5 Å². The number of thioether (sulfide) groups is 1. The lowest BCUT2D eigenvalue weighted by Gasteiger charge is -2.18. The molecule has 0 aliphatic carbocycles. The van der Waals surface area contributed by atoms with E-state index in [-0.39, 0.29) is 23.1 Å². The lowest BCUT2D eigenvalue weighted by Crippen LogP contribution is -2.30. The predicted octanol–water partition coefficient (Wildman–Crippen LogP) is 5.89. The average molecular weight is 546 g/mol. The first-order chi connectivity index (χ1) is 18.3. The molecule has 1 saturated heterocycles. The van der Waals surface area contributed by atoms with Crippen molar-refractivity contribution in [2.24, 2.45) is 0 Å². The van der Waals surface area contributed by atoms with Crippen molar-refractivity contribution in [1.82, 2.24) is 0 Å². The van der Waals surface area contributed by atoms with Crippen LogP contribution in [-0.4, -0.2) is 29.6 Å². The summed E-state index contributed by atoms with van der Waals surface area (Å²) in [6, 6.07) is 22.7. The van der Waals surface area contributed by atoms with Crippen LogP contribution < -0.4 is 10.2 Å². The Morgan fingerprint density at radius 1 is 1.11 bits per heavy atom. The monoisotopic (exact) mass is 545 g/mol. The molecule has 1 atom stereocenters. The van der Waals surface area contributed by atoms with Gasteiger partial charge in [-0.15, -0.1) is 0 Å². The summed E-state index contributed by atoms with van der Waals surface area (Å²) in [5, 5.41) is 13.0. The van der Waals surface area contributed by atoms with Crippen LogP contribution in [0.25, 0.3) is 0 Å². The van der Waals surface area contributed by atoms with Crippen molar-refractivity contribution < 1.29 is 19.1 Å². The number of rotatable bonds is 7. The molecule has 192 valence electrons. The molecular weight excluding hydrogens is 522 g/mol. The van der Waals surface area contributed by atoms with Crippen LogP contribution in [0.15, 0.2) is 83.4 Å². The third-order valence-corrected chi connectivity index (χ3v) is 7.50. The van der Waals surface area contributed by atoms with Crippen molar-refractivity contribution in [1.29, 1.82) is 5.26 Å². The van der Waals surface area contributed by atoms with Crippen LogP contribution in [0.1, 0.15) is 28.4 Å². The highest BCUT2D eigenvalue weighted by Gasteiger charge is 2.40. The average Bonchev–Trinajstić information content (AvgIpc) is 3.22. The van der Waals surface area contributed by atoms with E-state index in [9.17, 15) is 19.6 Å².